The highest BCUT2D eigenvalue weighted by Gasteiger charge is 2.15. The van der Waals surface area contributed by atoms with Gasteiger partial charge in [0.15, 0.2) is 0 Å². The van der Waals surface area contributed by atoms with Gasteiger partial charge in [-0.05, 0) is 67.8 Å². The van der Waals surface area contributed by atoms with E-state index in [2.05, 4.69) is 22.3 Å². The molecule has 6 nitrogen and oxygen atoms in total. The molecule has 0 radical (unpaired) electrons. The monoisotopic (exact) mass is 395 g/mol. The first kappa shape index (κ1) is 20.7. The predicted octanol–water partition coefficient (Wildman–Crippen LogP) is 4.07. The third-order valence-electron chi connectivity index (χ3n) is 5.20. The molecule has 0 spiro atoms. The van der Waals surface area contributed by atoms with Crippen LogP contribution in [0.3, 0.4) is 0 Å². The Morgan fingerprint density at radius 1 is 1.00 bits per heavy atom. The summed E-state index contributed by atoms with van der Waals surface area (Å²) >= 11 is 0. The van der Waals surface area contributed by atoms with Gasteiger partial charge in [-0.25, -0.2) is 0 Å². The first-order valence-corrected chi connectivity index (χ1v) is 10.1. The van der Waals surface area contributed by atoms with Crippen LogP contribution in [0.4, 0.5) is 17.1 Å². The highest BCUT2D eigenvalue weighted by molar-refractivity contribution is 5.95. The number of rotatable bonds is 7. The fraction of sp³-hybridized carbons (Fsp3) is 0.391. The van der Waals surface area contributed by atoms with Gasteiger partial charge in [-0.3, -0.25) is 9.59 Å². The third kappa shape index (κ3) is 5.73. The van der Waals surface area contributed by atoms with Gasteiger partial charge in [-0.15, -0.1) is 0 Å². The number of nitrogens with one attached hydrogen (secondary N) is 1. The van der Waals surface area contributed by atoms with Crippen molar-refractivity contribution in [1.29, 1.82) is 0 Å². The molecule has 1 heterocycles. The smallest absolute Gasteiger partial charge is 0.226 e. The lowest BCUT2D eigenvalue weighted by molar-refractivity contribution is -0.117. The van der Waals surface area contributed by atoms with E-state index in [1.165, 1.54) is 31.9 Å². The Balaban J connectivity index is 1.57. The van der Waals surface area contributed by atoms with Crippen LogP contribution in [0.2, 0.25) is 0 Å². The number of ether oxygens (including phenoxy) is 1. The first-order chi connectivity index (χ1) is 14.1. The van der Waals surface area contributed by atoms with Crippen molar-refractivity contribution in [3.63, 3.8) is 0 Å². The summed E-state index contributed by atoms with van der Waals surface area (Å²) < 4.78 is 5.12. The molecule has 1 saturated heterocycles. The number of nitrogens with zero attached hydrogens (tertiary/aromatic N) is 2. The molecule has 2 amide bonds. The molecular weight excluding hydrogens is 366 g/mol. The predicted molar refractivity (Wildman–Crippen MR) is 117 cm³/mol. The van der Waals surface area contributed by atoms with E-state index in [1.807, 2.05) is 12.1 Å². The Bertz CT molecular complexity index is 812. The number of hydrogen-bond donors (Lipinski definition) is 1. The first-order valence-electron chi connectivity index (χ1n) is 10.1. The van der Waals surface area contributed by atoms with Crippen LogP contribution in [-0.2, 0) is 9.59 Å². The van der Waals surface area contributed by atoms with Gasteiger partial charge in [0.25, 0.3) is 0 Å². The second kappa shape index (κ2) is 9.96. The highest BCUT2D eigenvalue weighted by Crippen LogP contribution is 2.24. The normalized spacial score (nSPS) is 13.7. The van der Waals surface area contributed by atoms with Crippen molar-refractivity contribution in [3.8, 4) is 5.75 Å². The lowest BCUT2D eigenvalue weighted by Gasteiger charge is -2.29. The summed E-state index contributed by atoms with van der Waals surface area (Å²) in [6.07, 6.45) is 3.97. The van der Waals surface area contributed by atoms with E-state index in [1.54, 1.807) is 36.3 Å². The molecule has 0 aromatic heterocycles. The van der Waals surface area contributed by atoms with Gasteiger partial charge >= 0.3 is 0 Å². The molecule has 29 heavy (non-hydrogen) atoms. The maximum atomic E-state index is 12.3. The number of amides is 2. The molecule has 0 bridgehead atoms. The number of methoxy groups -OCH3 is 1. The Morgan fingerprint density at radius 3 is 2.24 bits per heavy atom. The summed E-state index contributed by atoms with van der Waals surface area (Å²) in [6.45, 7) is 4.03. The standard InChI is InChI=1S/C23H29N3O3/c1-18(27)26(17-14-23(28)24-19-6-12-22(29-2)13-7-19)21-10-8-20(9-11-21)25-15-4-3-5-16-25/h6-13H,3-5,14-17H2,1-2H3,(H,24,28). The molecule has 1 N–H and O–H groups in total. The summed E-state index contributed by atoms with van der Waals surface area (Å²) in [4.78, 5) is 28.5. The quantitative estimate of drug-likeness (QED) is 0.768. The van der Waals surface area contributed by atoms with E-state index in [0.29, 0.717) is 12.2 Å². The molecule has 154 valence electrons. The van der Waals surface area contributed by atoms with Gasteiger partial charge in [0.2, 0.25) is 11.8 Å². The van der Waals surface area contributed by atoms with Crippen molar-refractivity contribution in [1.82, 2.24) is 0 Å². The maximum absolute atomic E-state index is 12.3. The zero-order chi connectivity index (χ0) is 20.6. The lowest BCUT2D eigenvalue weighted by atomic mass is 10.1. The van der Waals surface area contributed by atoms with Crippen molar-refractivity contribution in [2.45, 2.75) is 32.6 Å². The Morgan fingerprint density at radius 2 is 1.66 bits per heavy atom. The van der Waals surface area contributed by atoms with Crippen LogP contribution in [-0.4, -0.2) is 38.6 Å². The molecule has 1 aliphatic rings. The van der Waals surface area contributed by atoms with Crippen LogP contribution in [0.25, 0.3) is 0 Å². The van der Waals surface area contributed by atoms with Gasteiger partial charge < -0.3 is 19.9 Å². The molecule has 3 rings (SSSR count). The van der Waals surface area contributed by atoms with Crippen molar-refractivity contribution in [2.24, 2.45) is 0 Å². The molecule has 6 heteroatoms. The third-order valence-corrected chi connectivity index (χ3v) is 5.20. The molecule has 1 aliphatic heterocycles. The minimum atomic E-state index is -0.133. The van der Waals surface area contributed by atoms with Crippen LogP contribution in [0.5, 0.6) is 5.75 Å². The number of anilines is 3. The van der Waals surface area contributed by atoms with Crippen molar-refractivity contribution in [3.05, 3.63) is 48.5 Å². The minimum Gasteiger partial charge on any atom is -0.497 e. The zero-order valence-corrected chi connectivity index (χ0v) is 17.2. The van der Waals surface area contributed by atoms with Crippen LogP contribution >= 0.6 is 0 Å². The zero-order valence-electron chi connectivity index (χ0n) is 17.2. The maximum Gasteiger partial charge on any atom is 0.226 e. The minimum absolute atomic E-state index is 0.0760. The number of carbonyl (C=O) groups is 2. The molecule has 0 unspecified atom stereocenters. The number of carbonyl (C=O) groups excluding carboxylic acids is 2. The van der Waals surface area contributed by atoms with E-state index >= 15 is 0 Å². The van der Waals surface area contributed by atoms with Crippen molar-refractivity contribution in [2.75, 3.05) is 41.9 Å². The fourth-order valence-electron chi connectivity index (χ4n) is 3.58. The Hall–Kier alpha value is -3.02. The molecule has 0 saturated carbocycles. The largest absolute Gasteiger partial charge is 0.497 e. The van der Waals surface area contributed by atoms with Crippen LogP contribution in [0.15, 0.2) is 48.5 Å². The summed E-state index contributed by atoms with van der Waals surface area (Å²) in [5, 5.41) is 2.85. The summed E-state index contributed by atoms with van der Waals surface area (Å²) in [6, 6.07) is 15.2. The molecule has 2 aromatic carbocycles. The van der Waals surface area contributed by atoms with E-state index in [-0.39, 0.29) is 18.2 Å². The second-order valence-electron chi connectivity index (χ2n) is 7.26. The summed E-state index contributed by atoms with van der Waals surface area (Å²) in [5.74, 6) is 0.526. The van der Waals surface area contributed by atoms with Gasteiger partial charge in [0.05, 0.1) is 7.11 Å². The lowest BCUT2D eigenvalue weighted by Crippen LogP contribution is -2.32. The number of hydrogen-bond acceptors (Lipinski definition) is 4. The van der Waals surface area contributed by atoms with Crippen LogP contribution in [0, 0.1) is 0 Å². The van der Waals surface area contributed by atoms with E-state index in [4.69, 9.17) is 4.74 Å². The second-order valence-corrected chi connectivity index (χ2v) is 7.26. The summed E-state index contributed by atoms with van der Waals surface area (Å²) in [7, 11) is 1.60. The highest BCUT2D eigenvalue weighted by atomic mass is 16.5. The van der Waals surface area contributed by atoms with Gasteiger partial charge in [0.1, 0.15) is 5.75 Å². The van der Waals surface area contributed by atoms with Crippen molar-refractivity contribution < 1.29 is 14.3 Å². The molecule has 2 aromatic rings. The molecule has 0 aliphatic carbocycles. The van der Waals surface area contributed by atoms with Crippen molar-refractivity contribution >= 4 is 28.9 Å². The molecule has 1 fully saturated rings. The average Bonchev–Trinajstić information content (AvgIpc) is 2.75. The van der Waals surface area contributed by atoms with E-state index in [0.717, 1.165) is 24.5 Å². The molecule has 0 atom stereocenters. The van der Waals surface area contributed by atoms with Gasteiger partial charge in [-0.2, -0.15) is 0 Å². The Labute approximate surface area is 172 Å². The fourth-order valence-corrected chi connectivity index (χ4v) is 3.58. The Kier molecular flexibility index (Phi) is 7.11. The average molecular weight is 396 g/mol. The summed E-state index contributed by atoms with van der Waals surface area (Å²) in [5.41, 5.74) is 2.71. The topological polar surface area (TPSA) is 61.9 Å². The SMILES string of the molecule is COc1ccc(NC(=O)CCN(C(C)=O)c2ccc(N3CCCCC3)cc2)cc1. The van der Waals surface area contributed by atoms with Gasteiger partial charge in [-0.1, -0.05) is 0 Å². The van der Waals surface area contributed by atoms with E-state index < -0.39 is 0 Å². The van der Waals surface area contributed by atoms with Crippen LogP contribution < -0.4 is 19.9 Å². The number of piperidine rings is 1. The van der Waals surface area contributed by atoms with E-state index in [9.17, 15) is 9.59 Å². The molecular formula is C23H29N3O3. The van der Waals surface area contributed by atoms with Crippen LogP contribution in [0.1, 0.15) is 32.6 Å². The van der Waals surface area contributed by atoms with Gasteiger partial charge in [0, 0.05) is 50.0 Å². The number of benzene rings is 2.